The predicted octanol–water partition coefficient (Wildman–Crippen LogP) is 2.84. The fourth-order valence-electron chi connectivity index (χ4n) is 2.02. The Labute approximate surface area is 166 Å². The second-order valence-electron chi connectivity index (χ2n) is 4.95. The Hall–Kier alpha value is -2.03. The molecule has 0 aliphatic carbocycles. The topological polar surface area (TPSA) is 67.8 Å². The van der Waals surface area contributed by atoms with Crippen molar-refractivity contribution in [2.24, 2.45) is 4.99 Å². The molecule has 7 heteroatoms. The van der Waals surface area contributed by atoms with E-state index in [1.54, 1.807) is 7.11 Å². The molecule has 0 spiro atoms. The van der Waals surface area contributed by atoms with Crippen molar-refractivity contribution in [3.05, 3.63) is 54.2 Å². The van der Waals surface area contributed by atoms with Crippen LogP contribution in [0.1, 0.15) is 12.6 Å². The lowest BCUT2D eigenvalue weighted by molar-refractivity contribution is 0.322. The minimum Gasteiger partial charge on any atom is -0.492 e. The van der Waals surface area contributed by atoms with E-state index in [9.17, 15) is 0 Å². The van der Waals surface area contributed by atoms with Gasteiger partial charge < -0.3 is 20.1 Å². The Morgan fingerprint density at radius 1 is 1.08 bits per heavy atom. The van der Waals surface area contributed by atoms with Gasteiger partial charge in [0.2, 0.25) is 5.88 Å². The number of hydrogen-bond acceptors (Lipinski definition) is 4. The average Bonchev–Trinajstić information content (AvgIpc) is 2.64. The van der Waals surface area contributed by atoms with Crippen molar-refractivity contribution in [3.8, 4) is 11.6 Å². The third-order valence-corrected chi connectivity index (χ3v) is 3.14. The first kappa shape index (κ1) is 21.0. The number of aromatic nitrogens is 1. The van der Waals surface area contributed by atoms with Gasteiger partial charge in [0.05, 0.1) is 25.9 Å². The van der Waals surface area contributed by atoms with Crippen LogP contribution in [0.2, 0.25) is 0 Å². The average molecular weight is 456 g/mol. The van der Waals surface area contributed by atoms with Crippen LogP contribution >= 0.6 is 24.0 Å². The van der Waals surface area contributed by atoms with Gasteiger partial charge in [-0.3, -0.25) is 0 Å². The molecule has 2 aromatic rings. The van der Waals surface area contributed by atoms with Gasteiger partial charge in [-0.2, -0.15) is 0 Å². The van der Waals surface area contributed by atoms with Crippen LogP contribution < -0.4 is 20.1 Å². The second kappa shape index (κ2) is 12.3. The molecule has 2 rings (SSSR count). The first-order valence-corrected chi connectivity index (χ1v) is 8.01. The monoisotopic (exact) mass is 456 g/mol. The molecule has 0 unspecified atom stereocenters. The number of benzene rings is 1. The van der Waals surface area contributed by atoms with Gasteiger partial charge in [-0.1, -0.05) is 24.3 Å². The van der Waals surface area contributed by atoms with E-state index in [4.69, 9.17) is 9.47 Å². The number of nitrogens with one attached hydrogen (secondary N) is 2. The molecule has 0 atom stereocenters. The zero-order valence-electron chi connectivity index (χ0n) is 14.6. The van der Waals surface area contributed by atoms with Gasteiger partial charge in [0.1, 0.15) is 12.4 Å². The number of methoxy groups -OCH3 is 1. The number of pyridine rings is 1. The lowest BCUT2D eigenvalue weighted by atomic mass is 10.3. The summed E-state index contributed by atoms with van der Waals surface area (Å²) in [6.07, 6.45) is 0. The zero-order valence-corrected chi connectivity index (χ0v) is 16.9. The number of ether oxygens (including phenoxy) is 2. The zero-order chi connectivity index (χ0) is 17.0. The number of halogens is 1. The predicted molar refractivity (Wildman–Crippen MR) is 111 cm³/mol. The molecule has 0 radical (unpaired) electrons. The van der Waals surface area contributed by atoms with E-state index in [-0.39, 0.29) is 24.0 Å². The molecule has 0 aliphatic heterocycles. The summed E-state index contributed by atoms with van der Waals surface area (Å²) in [5, 5.41) is 6.45. The summed E-state index contributed by atoms with van der Waals surface area (Å²) in [6.45, 7) is 4.52. The van der Waals surface area contributed by atoms with Gasteiger partial charge in [0.25, 0.3) is 0 Å². The Kier molecular flexibility index (Phi) is 10.4. The van der Waals surface area contributed by atoms with Crippen molar-refractivity contribution in [3.63, 3.8) is 0 Å². The molecule has 0 bridgehead atoms. The lowest BCUT2D eigenvalue weighted by Crippen LogP contribution is -2.39. The van der Waals surface area contributed by atoms with E-state index in [2.05, 4.69) is 20.6 Å². The molecule has 0 fully saturated rings. The van der Waals surface area contributed by atoms with Gasteiger partial charge in [0.15, 0.2) is 5.96 Å². The van der Waals surface area contributed by atoms with Crippen molar-refractivity contribution in [1.82, 2.24) is 15.6 Å². The summed E-state index contributed by atoms with van der Waals surface area (Å²) in [4.78, 5) is 8.87. The van der Waals surface area contributed by atoms with Crippen LogP contribution in [-0.2, 0) is 6.54 Å². The summed E-state index contributed by atoms with van der Waals surface area (Å²) < 4.78 is 10.8. The molecular weight excluding hydrogens is 431 g/mol. The van der Waals surface area contributed by atoms with Crippen LogP contribution in [-0.4, -0.2) is 37.7 Å². The first-order valence-electron chi connectivity index (χ1n) is 8.01. The number of guanidine groups is 1. The van der Waals surface area contributed by atoms with E-state index in [1.807, 2.05) is 55.5 Å². The van der Waals surface area contributed by atoms with Crippen LogP contribution in [0, 0.1) is 0 Å². The van der Waals surface area contributed by atoms with Crippen molar-refractivity contribution >= 4 is 29.9 Å². The molecule has 25 heavy (non-hydrogen) atoms. The molecule has 136 valence electrons. The summed E-state index contributed by atoms with van der Waals surface area (Å²) >= 11 is 0. The molecule has 6 nitrogen and oxygen atoms in total. The van der Waals surface area contributed by atoms with E-state index in [1.165, 1.54) is 0 Å². The molecule has 1 aromatic carbocycles. The van der Waals surface area contributed by atoms with Crippen molar-refractivity contribution in [2.45, 2.75) is 13.5 Å². The van der Waals surface area contributed by atoms with Gasteiger partial charge in [-0.25, -0.2) is 9.98 Å². The fourth-order valence-corrected chi connectivity index (χ4v) is 2.02. The van der Waals surface area contributed by atoms with Gasteiger partial charge in [-0.05, 0) is 25.1 Å². The maximum Gasteiger partial charge on any atom is 0.213 e. The summed E-state index contributed by atoms with van der Waals surface area (Å²) in [7, 11) is 1.60. The van der Waals surface area contributed by atoms with E-state index >= 15 is 0 Å². The van der Waals surface area contributed by atoms with Crippen LogP contribution in [0.25, 0.3) is 0 Å². The summed E-state index contributed by atoms with van der Waals surface area (Å²) in [5.74, 6) is 2.19. The highest BCUT2D eigenvalue weighted by molar-refractivity contribution is 14.0. The second-order valence-corrected chi connectivity index (χ2v) is 4.95. The van der Waals surface area contributed by atoms with Crippen LogP contribution in [0.5, 0.6) is 11.6 Å². The minimum atomic E-state index is 0. The molecule has 0 saturated heterocycles. The standard InChI is InChI=1S/C18H24N4O2.HI/c1-3-19-18(20-12-13-24-16-9-5-4-6-10-16)21-14-15-8-7-11-17(22-15)23-2;/h4-11H,3,12-14H2,1-2H3,(H2,19,20,21);1H. The highest BCUT2D eigenvalue weighted by Crippen LogP contribution is 2.08. The number of rotatable bonds is 8. The highest BCUT2D eigenvalue weighted by atomic mass is 127. The van der Waals surface area contributed by atoms with Crippen LogP contribution in [0.4, 0.5) is 0 Å². The normalized spacial score (nSPS) is 10.6. The maximum absolute atomic E-state index is 5.65. The summed E-state index contributed by atoms with van der Waals surface area (Å²) in [5.41, 5.74) is 0.854. The van der Waals surface area contributed by atoms with E-state index < -0.39 is 0 Å². The molecule has 1 aromatic heterocycles. The van der Waals surface area contributed by atoms with Crippen molar-refractivity contribution in [1.29, 1.82) is 0 Å². The molecule has 1 heterocycles. The number of hydrogen-bond donors (Lipinski definition) is 2. The smallest absolute Gasteiger partial charge is 0.213 e. The van der Waals surface area contributed by atoms with Gasteiger partial charge >= 0.3 is 0 Å². The van der Waals surface area contributed by atoms with Gasteiger partial charge in [0, 0.05) is 12.6 Å². The Bertz CT molecular complexity index is 638. The Morgan fingerprint density at radius 3 is 2.60 bits per heavy atom. The van der Waals surface area contributed by atoms with E-state index in [0.29, 0.717) is 25.6 Å². The SMILES string of the molecule is CCNC(=NCc1cccc(OC)n1)NCCOc1ccccc1.I. The van der Waals surface area contributed by atoms with Crippen LogP contribution in [0.3, 0.4) is 0 Å². The van der Waals surface area contributed by atoms with Crippen molar-refractivity contribution in [2.75, 3.05) is 26.8 Å². The third-order valence-electron chi connectivity index (χ3n) is 3.14. The third kappa shape index (κ3) is 8.06. The molecule has 0 amide bonds. The minimum absolute atomic E-state index is 0. The Morgan fingerprint density at radius 2 is 1.88 bits per heavy atom. The maximum atomic E-state index is 5.65. The van der Waals surface area contributed by atoms with Gasteiger partial charge in [-0.15, -0.1) is 24.0 Å². The molecule has 0 aliphatic rings. The number of para-hydroxylation sites is 1. The number of aliphatic imine (C=N–C) groups is 1. The van der Waals surface area contributed by atoms with Crippen molar-refractivity contribution < 1.29 is 9.47 Å². The highest BCUT2D eigenvalue weighted by Gasteiger charge is 2.00. The fraction of sp³-hybridized carbons (Fsp3) is 0.333. The lowest BCUT2D eigenvalue weighted by Gasteiger charge is -2.12. The number of nitrogens with zero attached hydrogens (tertiary/aromatic N) is 2. The quantitative estimate of drug-likeness (QED) is 0.277. The molecule has 0 saturated carbocycles. The van der Waals surface area contributed by atoms with E-state index in [0.717, 1.165) is 23.9 Å². The largest absolute Gasteiger partial charge is 0.492 e. The summed E-state index contributed by atoms with van der Waals surface area (Å²) in [6, 6.07) is 15.4. The Balaban J connectivity index is 0.00000312. The molecular formula is C18H25IN4O2. The van der Waals surface area contributed by atoms with Crippen LogP contribution in [0.15, 0.2) is 53.5 Å². The molecule has 2 N–H and O–H groups in total. The first-order chi connectivity index (χ1) is 11.8.